The van der Waals surface area contributed by atoms with Gasteiger partial charge in [0, 0.05) is 11.5 Å². The maximum absolute atomic E-state index is 14.2. The number of hydrogen-bond acceptors (Lipinski definition) is 6. The third kappa shape index (κ3) is 3.54. The van der Waals surface area contributed by atoms with Crippen LogP contribution in [0, 0.1) is 11.6 Å². The van der Waals surface area contributed by atoms with Gasteiger partial charge in [-0.1, -0.05) is 11.6 Å². The molecule has 2 aromatic carbocycles. The van der Waals surface area contributed by atoms with Gasteiger partial charge < -0.3 is 25.2 Å². The molecular formula is C18H13ClF2N4O4. The number of phenolic OH excluding ortho intramolecular Hbond substituents is 1. The molecule has 150 valence electrons. The molecule has 29 heavy (non-hydrogen) atoms. The van der Waals surface area contributed by atoms with Gasteiger partial charge in [0.05, 0.1) is 24.3 Å². The van der Waals surface area contributed by atoms with Crippen LogP contribution in [0.3, 0.4) is 0 Å². The van der Waals surface area contributed by atoms with Crippen LogP contribution in [0.15, 0.2) is 30.6 Å². The Labute approximate surface area is 167 Å². The fourth-order valence-corrected chi connectivity index (χ4v) is 3.03. The number of rotatable bonds is 4. The van der Waals surface area contributed by atoms with Crippen LogP contribution in [-0.2, 0) is 0 Å². The molecule has 1 aromatic heterocycles. The summed E-state index contributed by atoms with van der Waals surface area (Å²) < 4.78 is 33.3. The maximum Gasteiger partial charge on any atom is 0.407 e. The average Bonchev–Trinajstić information content (AvgIpc) is 2.65. The fourth-order valence-electron chi connectivity index (χ4n) is 2.86. The van der Waals surface area contributed by atoms with E-state index in [1.807, 2.05) is 0 Å². The minimum Gasteiger partial charge on any atom is -0.504 e. The minimum atomic E-state index is -1.05. The van der Waals surface area contributed by atoms with E-state index >= 15 is 0 Å². The molecule has 0 bridgehead atoms. The number of carbonyl (C=O) groups is 1. The van der Waals surface area contributed by atoms with E-state index in [4.69, 9.17) is 21.4 Å². The quantitative estimate of drug-likeness (QED) is 0.549. The first kappa shape index (κ1) is 18.9. The van der Waals surface area contributed by atoms with Gasteiger partial charge in [-0.2, -0.15) is 0 Å². The first-order chi connectivity index (χ1) is 13.8. The molecule has 0 radical (unpaired) electrons. The first-order valence-electron chi connectivity index (χ1n) is 8.36. The van der Waals surface area contributed by atoms with E-state index in [0.717, 1.165) is 6.07 Å². The van der Waals surface area contributed by atoms with Gasteiger partial charge >= 0.3 is 6.09 Å². The number of carboxylic acid groups (broad SMARTS) is 1. The van der Waals surface area contributed by atoms with Crippen LogP contribution in [0.4, 0.5) is 25.1 Å². The van der Waals surface area contributed by atoms with Gasteiger partial charge in [0.2, 0.25) is 0 Å². The Hall–Kier alpha value is -3.40. The van der Waals surface area contributed by atoms with E-state index in [1.165, 1.54) is 29.4 Å². The Bertz CT molecular complexity index is 1120. The van der Waals surface area contributed by atoms with Crippen molar-refractivity contribution in [2.75, 3.05) is 18.4 Å². The molecule has 3 N–H and O–H groups in total. The number of nitrogens with zero attached hydrogens (tertiary/aromatic N) is 3. The standard InChI is InChI=1S/C18H13ClF2N4O4/c19-15-10(20)1-2-11(16(15)21)24-17-9-3-14(13(26)4-12(9)22-7-23-17)29-8-5-25(6-8)18(27)28/h1-4,7-8,26H,5-6H2,(H,27,28)(H,22,23,24). The van der Waals surface area contributed by atoms with Crippen LogP contribution in [0.5, 0.6) is 11.5 Å². The lowest BCUT2D eigenvalue weighted by Crippen LogP contribution is -2.55. The van der Waals surface area contributed by atoms with Gasteiger partial charge in [0.1, 0.15) is 29.1 Å². The normalized spacial score (nSPS) is 14.0. The Kier molecular flexibility index (Phi) is 4.71. The van der Waals surface area contributed by atoms with Crippen LogP contribution in [0.1, 0.15) is 0 Å². The van der Waals surface area contributed by atoms with E-state index < -0.39 is 28.9 Å². The Balaban J connectivity index is 1.65. The van der Waals surface area contributed by atoms with Crippen molar-refractivity contribution in [1.82, 2.24) is 14.9 Å². The second-order valence-electron chi connectivity index (χ2n) is 6.33. The summed E-state index contributed by atoms with van der Waals surface area (Å²) >= 11 is 5.61. The number of fused-ring (bicyclic) bond motifs is 1. The van der Waals surface area contributed by atoms with Gasteiger partial charge in [-0.05, 0) is 18.2 Å². The van der Waals surface area contributed by atoms with E-state index in [2.05, 4.69) is 15.3 Å². The highest BCUT2D eigenvalue weighted by Crippen LogP contribution is 2.36. The SMILES string of the molecule is O=C(O)N1CC(Oc2cc3c(Nc4ccc(F)c(Cl)c4F)ncnc3cc2O)C1. The molecule has 0 spiro atoms. The second-order valence-corrected chi connectivity index (χ2v) is 6.71. The number of nitrogens with one attached hydrogen (secondary N) is 1. The van der Waals surface area contributed by atoms with Crippen molar-refractivity contribution in [3.8, 4) is 11.5 Å². The molecule has 0 aliphatic carbocycles. The molecule has 0 saturated carbocycles. The number of hydrogen-bond donors (Lipinski definition) is 3. The Morgan fingerprint density at radius 1 is 1.28 bits per heavy atom. The average molecular weight is 423 g/mol. The van der Waals surface area contributed by atoms with Crippen LogP contribution >= 0.6 is 11.6 Å². The third-order valence-electron chi connectivity index (χ3n) is 4.42. The summed E-state index contributed by atoms with van der Waals surface area (Å²) in [5, 5.41) is 21.6. The molecule has 0 unspecified atom stereocenters. The third-order valence-corrected chi connectivity index (χ3v) is 4.76. The predicted molar refractivity (Wildman–Crippen MR) is 99.9 cm³/mol. The monoisotopic (exact) mass is 422 g/mol. The van der Waals surface area contributed by atoms with Crippen LogP contribution in [0.25, 0.3) is 10.9 Å². The lowest BCUT2D eigenvalue weighted by Gasteiger charge is -2.36. The Morgan fingerprint density at radius 2 is 2.03 bits per heavy atom. The number of ether oxygens (including phenoxy) is 1. The van der Waals surface area contributed by atoms with Gasteiger partial charge in [-0.25, -0.2) is 23.5 Å². The van der Waals surface area contributed by atoms with E-state index in [-0.39, 0.29) is 36.1 Å². The molecule has 0 atom stereocenters. The zero-order valence-corrected chi connectivity index (χ0v) is 15.3. The van der Waals surface area contributed by atoms with Crippen molar-refractivity contribution >= 4 is 40.1 Å². The number of phenols is 1. The van der Waals surface area contributed by atoms with Gasteiger partial charge in [-0.15, -0.1) is 0 Å². The number of likely N-dealkylation sites (tertiary alicyclic amines) is 1. The summed E-state index contributed by atoms with van der Waals surface area (Å²) in [7, 11) is 0. The number of anilines is 2. The van der Waals surface area contributed by atoms with Crippen molar-refractivity contribution in [1.29, 1.82) is 0 Å². The smallest absolute Gasteiger partial charge is 0.407 e. The van der Waals surface area contributed by atoms with E-state index in [0.29, 0.717) is 10.9 Å². The van der Waals surface area contributed by atoms with E-state index in [9.17, 15) is 18.7 Å². The van der Waals surface area contributed by atoms with Crippen molar-refractivity contribution in [3.05, 3.63) is 47.2 Å². The minimum absolute atomic E-state index is 0.0944. The molecule has 1 aliphatic heterocycles. The number of aromatic hydroxyl groups is 1. The highest BCUT2D eigenvalue weighted by Gasteiger charge is 2.32. The zero-order chi connectivity index (χ0) is 20.7. The van der Waals surface area contributed by atoms with Gasteiger partial charge in [0.15, 0.2) is 17.3 Å². The molecule has 11 heteroatoms. The van der Waals surface area contributed by atoms with Crippen molar-refractivity contribution in [2.24, 2.45) is 0 Å². The fraction of sp³-hybridized carbons (Fsp3) is 0.167. The number of aromatic nitrogens is 2. The summed E-state index contributed by atoms with van der Waals surface area (Å²) in [6.07, 6.45) is -0.249. The Morgan fingerprint density at radius 3 is 2.76 bits per heavy atom. The van der Waals surface area contributed by atoms with Gasteiger partial charge in [-0.3, -0.25) is 0 Å². The molecule has 2 heterocycles. The highest BCUT2D eigenvalue weighted by atomic mass is 35.5. The first-order valence-corrected chi connectivity index (χ1v) is 8.74. The highest BCUT2D eigenvalue weighted by molar-refractivity contribution is 6.31. The molecule has 3 aromatic rings. The van der Waals surface area contributed by atoms with Gasteiger partial charge in [0.25, 0.3) is 0 Å². The molecular weight excluding hydrogens is 410 g/mol. The summed E-state index contributed by atoms with van der Waals surface area (Å²) in [6, 6.07) is 5.00. The van der Waals surface area contributed by atoms with Crippen molar-refractivity contribution in [3.63, 3.8) is 0 Å². The van der Waals surface area contributed by atoms with Crippen molar-refractivity contribution in [2.45, 2.75) is 6.10 Å². The maximum atomic E-state index is 14.2. The van der Waals surface area contributed by atoms with E-state index in [1.54, 1.807) is 0 Å². The topological polar surface area (TPSA) is 108 Å². The molecule has 1 aliphatic rings. The molecule has 1 fully saturated rings. The van der Waals surface area contributed by atoms with Crippen LogP contribution in [0.2, 0.25) is 5.02 Å². The molecule has 1 saturated heterocycles. The van der Waals surface area contributed by atoms with Crippen LogP contribution in [-0.4, -0.2) is 50.4 Å². The van der Waals surface area contributed by atoms with Crippen molar-refractivity contribution < 1.29 is 28.5 Å². The summed E-state index contributed by atoms with van der Waals surface area (Å²) in [5.74, 6) is -1.77. The number of halogens is 3. The lowest BCUT2D eigenvalue weighted by molar-refractivity contribution is 0.0240. The summed E-state index contributed by atoms with van der Waals surface area (Å²) in [5.41, 5.74) is 0.254. The van der Waals surface area contributed by atoms with Crippen LogP contribution < -0.4 is 10.1 Å². The largest absolute Gasteiger partial charge is 0.504 e. The lowest BCUT2D eigenvalue weighted by atomic mass is 10.1. The second kappa shape index (κ2) is 7.21. The molecule has 4 rings (SSSR count). The predicted octanol–water partition coefficient (Wildman–Crippen LogP) is 3.75. The molecule has 1 amide bonds. The number of benzene rings is 2. The molecule has 8 nitrogen and oxygen atoms in total. The summed E-state index contributed by atoms with van der Waals surface area (Å²) in [6.45, 7) is 0.338. The summed E-state index contributed by atoms with van der Waals surface area (Å²) in [4.78, 5) is 20.1. The zero-order valence-electron chi connectivity index (χ0n) is 14.6. The number of amides is 1.